The molecule has 0 spiro atoms. The van der Waals surface area contributed by atoms with Crippen LogP contribution in [0.25, 0.3) is 87.7 Å². The van der Waals surface area contributed by atoms with Crippen molar-refractivity contribution in [1.29, 1.82) is 0 Å². The summed E-state index contributed by atoms with van der Waals surface area (Å²) in [7, 11) is 0. The molecular weight excluding hydrogens is 647 g/mol. The lowest BCUT2D eigenvalue weighted by molar-refractivity contribution is 0.669. The summed E-state index contributed by atoms with van der Waals surface area (Å²) in [5, 5.41) is 9.20. The van der Waals surface area contributed by atoms with E-state index < -0.39 is 0 Å². The summed E-state index contributed by atoms with van der Waals surface area (Å²) in [4.78, 5) is 2.33. The highest BCUT2D eigenvalue weighted by atomic mass is 16.3. The third-order valence-electron chi connectivity index (χ3n) is 10.6. The monoisotopic (exact) mass is 677 g/mol. The minimum Gasteiger partial charge on any atom is -0.456 e. The van der Waals surface area contributed by atoms with E-state index in [1.807, 2.05) is 12.1 Å². The average molecular weight is 678 g/mol. The van der Waals surface area contributed by atoms with Crippen molar-refractivity contribution in [2.24, 2.45) is 0 Å². The third-order valence-corrected chi connectivity index (χ3v) is 10.6. The number of hydrogen-bond donors (Lipinski definition) is 0. The minimum atomic E-state index is 0.856. The van der Waals surface area contributed by atoms with Crippen molar-refractivity contribution < 1.29 is 8.83 Å². The number of benzene rings is 9. The van der Waals surface area contributed by atoms with Gasteiger partial charge >= 0.3 is 0 Å². The van der Waals surface area contributed by atoms with Crippen molar-refractivity contribution in [3.05, 3.63) is 188 Å². The zero-order chi connectivity index (χ0) is 34.9. The maximum absolute atomic E-state index is 6.54. The number of furan rings is 2. The van der Waals surface area contributed by atoms with Gasteiger partial charge in [0.2, 0.25) is 0 Å². The SMILES string of the molecule is c1ccc(-c2ccc(N(c3ccc4c(c3)oc3ccc(-c5ccccc5)cc34)c3ccc4ccc5cc6oc7ccccc7c6cc5c4c3)cc2)cc1. The number of hydrogen-bond acceptors (Lipinski definition) is 3. The molecule has 11 aromatic rings. The largest absolute Gasteiger partial charge is 0.456 e. The number of fused-ring (bicyclic) bond motifs is 9. The van der Waals surface area contributed by atoms with Gasteiger partial charge in [-0.1, -0.05) is 115 Å². The van der Waals surface area contributed by atoms with E-state index >= 15 is 0 Å². The van der Waals surface area contributed by atoms with E-state index in [4.69, 9.17) is 8.83 Å². The van der Waals surface area contributed by atoms with E-state index in [1.165, 1.54) is 38.4 Å². The summed E-state index contributed by atoms with van der Waals surface area (Å²) < 4.78 is 12.8. The van der Waals surface area contributed by atoms with E-state index in [1.54, 1.807) is 0 Å². The molecule has 2 aromatic heterocycles. The van der Waals surface area contributed by atoms with Gasteiger partial charge in [0, 0.05) is 44.7 Å². The van der Waals surface area contributed by atoms with Crippen molar-refractivity contribution in [3.8, 4) is 22.3 Å². The summed E-state index contributed by atoms with van der Waals surface area (Å²) >= 11 is 0. The summed E-state index contributed by atoms with van der Waals surface area (Å²) in [6, 6.07) is 66.9. The molecular formula is C50H31NO2. The molecule has 0 N–H and O–H groups in total. The topological polar surface area (TPSA) is 29.5 Å². The first-order valence-corrected chi connectivity index (χ1v) is 18.0. The molecule has 0 aliphatic carbocycles. The van der Waals surface area contributed by atoms with Crippen molar-refractivity contribution in [2.75, 3.05) is 4.90 Å². The number of nitrogens with zero attached hydrogens (tertiary/aromatic N) is 1. The quantitative estimate of drug-likeness (QED) is 0.170. The minimum absolute atomic E-state index is 0.856. The Morgan fingerprint density at radius 2 is 0.792 bits per heavy atom. The Morgan fingerprint density at radius 3 is 1.60 bits per heavy atom. The lowest BCUT2D eigenvalue weighted by atomic mass is 9.98. The molecule has 0 amide bonds. The third kappa shape index (κ3) is 4.90. The molecule has 2 heterocycles. The molecule has 9 aromatic carbocycles. The molecule has 53 heavy (non-hydrogen) atoms. The van der Waals surface area contributed by atoms with Crippen LogP contribution >= 0.6 is 0 Å². The van der Waals surface area contributed by atoms with Gasteiger partial charge in [0.15, 0.2) is 0 Å². The van der Waals surface area contributed by atoms with Crippen LogP contribution in [-0.2, 0) is 0 Å². The number of para-hydroxylation sites is 1. The highest BCUT2D eigenvalue weighted by Crippen LogP contribution is 2.42. The van der Waals surface area contributed by atoms with Gasteiger partial charge in [-0.05, 0) is 111 Å². The van der Waals surface area contributed by atoms with Crippen LogP contribution in [0.15, 0.2) is 197 Å². The highest BCUT2D eigenvalue weighted by Gasteiger charge is 2.18. The molecule has 3 heteroatoms. The molecule has 0 radical (unpaired) electrons. The van der Waals surface area contributed by atoms with E-state index in [2.05, 4.69) is 181 Å². The zero-order valence-corrected chi connectivity index (χ0v) is 28.7. The lowest BCUT2D eigenvalue weighted by Gasteiger charge is -2.26. The molecule has 0 unspecified atom stereocenters. The first kappa shape index (κ1) is 29.6. The number of anilines is 3. The Bertz CT molecular complexity index is 3160. The smallest absolute Gasteiger partial charge is 0.137 e. The van der Waals surface area contributed by atoms with Crippen LogP contribution in [0.2, 0.25) is 0 Å². The van der Waals surface area contributed by atoms with Crippen molar-refractivity contribution in [1.82, 2.24) is 0 Å². The van der Waals surface area contributed by atoms with E-state index in [9.17, 15) is 0 Å². The standard InChI is InChI=1S/C50H31NO2/c1-3-9-32(10-4-1)34-17-21-38(22-18-34)51(40-24-25-42-45-27-36(33-11-5-2-6-12-33)20-26-48(45)53-50(42)30-40)39-23-19-35-15-16-37-28-49-46(31-44(37)43(35)29-39)41-13-7-8-14-47(41)52-49/h1-31H. The molecule has 0 aliphatic heterocycles. The molecule has 11 rings (SSSR count). The van der Waals surface area contributed by atoms with Crippen LogP contribution in [0, 0.1) is 0 Å². The summed E-state index contributed by atoms with van der Waals surface area (Å²) in [5.41, 5.74) is 11.4. The molecule has 248 valence electrons. The second-order valence-corrected chi connectivity index (χ2v) is 13.7. The fraction of sp³-hybridized carbons (Fsp3) is 0. The van der Waals surface area contributed by atoms with Crippen LogP contribution < -0.4 is 4.90 Å². The predicted molar refractivity (Wildman–Crippen MR) is 222 cm³/mol. The maximum atomic E-state index is 6.54. The summed E-state index contributed by atoms with van der Waals surface area (Å²) in [6.45, 7) is 0. The maximum Gasteiger partial charge on any atom is 0.137 e. The Morgan fingerprint density at radius 1 is 0.264 bits per heavy atom. The lowest BCUT2D eigenvalue weighted by Crippen LogP contribution is -2.09. The normalized spacial score (nSPS) is 11.8. The molecule has 0 saturated heterocycles. The van der Waals surface area contributed by atoms with Gasteiger partial charge in [0.25, 0.3) is 0 Å². The Hall–Kier alpha value is -7.10. The second-order valence-electron chi connectivity index (χ2n) is 13.7. The Kier molecular flexibility index (Phi) is 6.55. The van der Waals surface area contributed by atoms with Crippen LogP contribution in [0.1, 0.15) is 0 Å². The molecule has 0 bridgehead atoms. The fourth-order valence-corrected chi connectivity index (χ4v) is 8.00. The van der Waals surface area contributed by atoms with Crippen LogP contribution in [0.3, 0.4) is 0 Å². The van der Waals surface area contributed by atoms with Crippen LogP contribution in [0.5, 0.6) is 0 Å². The highest BCUT2D eigenvalue weighted by molar-refractivity contribution is 6.17. The average Bonchev–Trinajstić information content (AvgIpc) is 3.78. The zero-order valence-electron chi connectivity index (χ0n) is 28.7. The van der Waals surface area contributed by atoms with Gasteiger partial charge in [-0.15, -0.1) is 0 Å². The molecule has 0 aliphatic rings. The summed E-state index contributed by atoms with van der Waals surface area (Å²) in [5.74, 6) is 0. The van der Waals surface area contributed by atoms with Crippen LogP contribution in [0.4, 0.5) is 17.1 Å². The van der Waals surface area contributed by atoms with Gasteiger partial charge in [-0.3, -0.25) is 0 Å². The summed E-state index contributed by atoms with van der Waals surface area (Å²) in [6.07, 6.45) is 0. The molecule has 3 nitrogen and oxygen atoms in total. The van der Waals surface area contributed by atoms with Gasteiger partial charge in [-0.25, -0.2) is 0 Å². The first-order valence-electron chi connectivity index (χ1n) is 18.0. The Labute approximate surface area is 305 Å². The second kappa shape index (κ2) is 11.7. The molecule has 0 fully saturated rings. The van der Waals surface area contributed by atoms with E-state index in [0.717, 1.165) is 66.3 Å². The van der Waals surface area contributed by atoms with E-state index in [-0.39, 0.29) is 0 Å². The van der Waals surface area contributed by atoms with Crippen molar-refractivity contribution in [2.45, 2.75) is 0 Å². The van der Waals surface area contributed by atoms with Crippen molar-refractivity contribution >= 4 is 82.5 Å². The number of rotatable bonds is 5. The van der Waals surface area contributed by atoms with E-state index in [0.29, 0.717) is 0 Å². The molecule has 0 atom stereocenters. The van der Waals surface area contributed by atoms with Gasteiger partial charge in [0.1, 0.15) is 22.3 Å². The first-order chi connectivity index (χ1) is 26.2. The van der Waals surface area contributed by atoms with Gasteiger partial charge in [0.05, 0.1) is 0 Å². The van der Waals surface area contributed by atoms with Crippen LogP contribution in [-0.4, -0.2) is 0 Å². The Balaban J connectivity index is 1.10. The molecule has 0 saturated carbocycles. The van der Waals surface area contributed by atoms with Crippen molar-refractivity contribution in [3.63, 3.8) is 0 Å². The predicted octanol–water partition coefficient (Wildman–Crippen LogP) is 14.6. The van der Waals surface area contributed by atoms with Gasteiger partial charge in [-0.2, -0.15) is 0 Å². The fourth-order valence-electron chi connectivity index (χ4n) is 8.00. The van der Waals surface area contributed by atoms with Gasteiger partial charge < -0.3 is 13.7 Å².